The minimum atomic E-state index is -0.653. The van der Waals surface area contributed by atoms with Crippen LogP contribution < -0.4 is 9.64 Å². The minimum absolute atomic E-state index is 0.0709. The lowest BCUT2D eigenvalue weighted by Gasteiger charge is -2.37. The van der Waals surface area contributed by atoms with Crippen LogP contribution in [0.5, 0.6) is 5.75 Å². The largest absolute Gasteiger partial charge is 0.478 e. The van der Waals surface area contributed by atoms with Crippen LogP contribution in [-0.2, 0) is 4.79 Å². The monoisotopic (exact) mass is 342 g/mol. The summed E-state index contributed by atoms with van der Waals surface area (Å²) in [7, 11) is 0. The topological polar surface area (TPSA) is 32.8 Å². The molecule has 0 aliphatic carbocycles. The van der Waals surface area contributed by atoms with Gasteiger partial charge in [-0.1, -0.05) is 37.3 Å². The second-order valence-electron chi connectivity index (χ2n) is 6.09. The molecular weight excluding hydrogens is 319 g/mol. The third kappa shape index (κ3) is 4.10. The molecule has 0 spiro atoms. The van der Waals surface area contributed by atoms with E-state index >= 15 is 0 Å². The van der Waals surface area contributed by atoms with E-state index in [9.17, 15) is 9.18 Å². The Bertz CT molecular complexity index is 700. The van der Waals surface area contributed by atoms with Crippen LogP contribution in [0.1, 0.15) is 13.3 Å². The predicted octanol–water partition coefficient (Wildman–Crippen LogP) is 3.33. The molecule has 3 rings (SSSR count). The van der Waals surface area contributed by atoms with Crippen molar-refractivity contribution in [1.29, 1.82) is 0 Å². The number of carbonyl (C=O) groups is 1. The van der Waals surface area contributed by atoms with Crippen molar-refractivity contribution in [2.24, 2.45) is 0 Å². The number of benzene rings is 2. The zero-order valence-electron chi connectivity index (χ0n) is 14.4. The summed E-state index contributed by atoms with van der Waals surface area (Å²) >= 11 is 0. The number of carbonyl (C=O) groups excluding carboxylic acids is 1. The van der Waals surface area contributed by atoms with Crippen LogP contribution in [-0.4, -0.2) is 43.1 Å². The molecule has 5 heteroatoms. The first-order valence-electron chi connectivity index (χ1n) is 8.69. The van der Waals surface area contributed by atoms with Crippen LogP contribution in [0.4, 0.5) is 10.1 Å². The Balaban J connectivity index is 1.60. The maximum atomic E-state index is 13.8. The number of amides is 1. The summed E-state index contributed by atoms with van der Waals surface area (Å²) in [5.74, 6) is -0.383. The second kappa shape index (κ2) is 8.01. The van der Waals surface area contributed by atoms with E-state index in [-0.39, 0.29) is 11.7 Å². The summed E-state index contributed by atoms with van der Waals surface area (Å²) in [6.07, 6.45) is -0.147. The van der Waals surface area contributed by atoms with E-state index in [0.717, 1.165) is 13.1 Å². The van der Waals surface area contributed by atoms with Crippen molar-refractivity contribution in [3.05, 3.63) is 60.4 Å². The summed E-state index contributed by atoms with van der Waals surface area (Å²) < 4.78 is 19.4. The number of piperazine rings is 1. The second-order valence-corrected chi connectivity index (χ2v) is 6.09. The zero-order chi connectivity index (χ0) is 17.6. The van der Waals surface area contributed by atoms with Gasteiger partial charge < -0.3 is 14.5 Å². The van der Waals surface area contributed by atoms with Crippen molar-refractivity contribution in [1.82, 2.24) is 4.90 Å². The number of para-hydroxylation sites is 2. The van der Waals surface area contributed by atoms with Crippen molar-refractivity contribution in [3.8, 4) is 5.75 Å². The number of hydrogen-bond donors (Lipinski definition) is 0. The van der Waals surface area contributed by atoms with Crippen LogP contribution in [0.15, 0.2) is 54.6 Å². The highest BCUT2D eigenvalue weighted by Crippen LogP contribution is 2.20. The average molecular weight is 342 g/mol. The van der Waals surface area contributed by atoms with Gasteiger partial charge in [-0.15, -0.1) is 0 Å². The van der Waals surface area contributed by atoms with Crippen molar-refractivity contribution in [2.75, 3.05) is 31.1 Å². The third-order valence-corrected chi connectivity index (χ3v) is 4.46. The lowest BCUT2D eigenvalue weighted by molar-refractivity contribution is -0.139. The Labute approximate surface area is 147 Å². The summed E-state index contributed by atoms with van der Waals surface area (Å²) in [4.78, 5) is 16.8. The fourth-order valence-electron chi connectivity index (χ4n) is 3.03. The Morgan fingerprint density at radius 3 is 2.32 bits per heavy atom. The highest BCUT2D eigenvalue weighted by Gasteiger charge is 2.28. The van der Waals surface area contributed by atoms with E-state index in [0.29, 0.717) is 19.5 Å². The van der Waals surface area contributed by atoms with Gasteiger partial charge in [-0.25, -0.2) is 4.39 Å². The molecule has 0 N–H and O–H groups in total. The standard InChI is InChI=1S/C20H23FN2O2/c1-2-18(25-19-11-7-6-10-17(19)21)20(24)23-14-12-22(13-15-23)16-8-4-3-5-9-16/h3-11,18H,2,12-15H2,1H3/t18-/m1/s1. The van der Waals surface area contributed by atoms with E-state index < -0.39 is 11.9 Å². The molecule has 2 aromatic carbocycles. The molecule has 1 heterocycles. The zero-order valence-corrected chi connectivity index (χ0v) is 14.4. The first kappa shape index (κ1) is 17.3. The molecule has 1 fully saturated rings. The minimum Gasteiger partial charge on any atom is -0.478 e. The number of anilines is 1. The normalized spacial score (nSPS) is 15.8. The molecule has 0 unspecified atom stereocenters. The molecule has 132 valence electrons. The Hall–Kier alpha value is -2.56. The van der Waals surface area contributed by atoms with Gasteiger partial charge in [0, 0.05) is 31.9 Å². The number of hydrogen-bond acceptors (Lipinski definition) is 3. The van der Waals surface area contributed by atoms with Gasteiger partial charge in [0.1, 0.15) is 0 Å². The van der Waals surface area contributed by atoms with Gasteiger partial charge >= 0.3 is 0 Å². The third-order valence-electron chi connectivity index (χ3n) is 4.46. The number of rotatable bonds is 5. The number of halogens is 1. The summed E-state index contributed by atoms with van der Waals surface area (Å²) in [5.41, 5.74) is 1.17. The Kier molecular flexibility index (Phi) is 5.53. The summed E-state index contributed by atoms with van der Waals surface area (Å²) in [5, 5.41) is 0. The van der Waals surface area contributed by atoms with Crippen LogP contribution in [0.3, 0.4) is 0 Å². The van der Waals surface area contributed by atoms with E-state index in [1.807, 2.05) is 30.0 Å². The quantitative estimate of drug-likeness (QED) is 0.835. The highest BCUT2D eigenvalue weighted by molar-refractivity contribution is 5.81. The van der Waals surface area contributed by atoms with Crippen LogP contribution >= 0.6 is 0 Å². The summed E-state index contributed by atoms with van der Waals surface area (Å²) in [6.45, 7) is 4.73. The molecule has 1 aliphatic heterocycles. The maximum absolute atomic E-state index is 13.8. The number of ether oxygens (including phenoxy) is 1. The SMILES string of the molecule is CC[C@@H](Oc1ccccc1F)C(=O)N1CCN(c2ccccc2)CC1. The Morgan fingerprint density at radius 1 is 1.04 bits per heavy atom. The highest BCUT2D eigenvalue weighted by atomic mass is 19.1. The molecule has 1 amide bonds. The average Bonchev–Trinajstić information content (AvgIpc) is 2.68. The van der Waals surface area contributed by atoms with Crippen LogP contribution in [0.25, 0.3) is 0 Å². The van der Waals surface area contributed by atoms with E-state index in [4.69, 9.17) is 4.74 Å². The molecular formula is C20H23FN2O2. The van der Waals surface area contributed by atoms with E-state index in [1.165, 1.54) is 11.8 Å². The van der Waals surface area contributed by atoms with Gasteiger partial charge in [-0.3, -0.25) is 4.79 Å². The molecule has 0 aromatic heterocycles. The van der Waals surface area contributed by atoms with Crippen LogP contribution in [0.2, 0.25) is 0 Å². The molecule has 0 saturated carbocycles. The lowest BCUT2D eigenvalue weighted by atomic mass is 10.2. The fourth-order valence-corrected chi connectivity index (χ4v) is 3.03. The van der Waals surface area contributed by atoms with Crippen molar-refractivity contribution in [3.63, 3.8) is 0 Å². The van der Waals surface area contributed by atoms with Gasteiger partial charge in [0.25, 0.3) is 5.91 Å². The smallest absolute Gasteiger partial charge is 0.263 e. The first-order chi connectivity index (χ1) is 12.2. The first-order valence-corrected chi connectivity index (χ1v) is 8.69. The van der Waals surface area contributed by atoms with Gasteiger partial charge in [-0.05, 0) is 30.7 Å². The fraction of sp³-hybridized carbons (Fsp3) is 0.350. The number of nitrogens with zero attached hydrogens (tertiary/aromatic N) is 2. The van der Waals surface area contributed by atoms with Gasteiger partial charge in [-0.2, -0.15) is 0 Å². The van der Waals surface area contributed by atoms with E-state index in [2.05, 4.69) is 17.0 Å². The molecule has 1 saturated heterocycles. The van der Waals surface area contributed by atoms with Crippen molar-refractivity contribution in [2.45, 2.75) is 19.4 Å². The molecule has 4 nitrogen and oxygen atoms in total. The van der Waals surface area contributed by atoms with Crippen molar-refractivity contribution < 1.29 is 13.9 Å². The molecule has 2 aromatic rings. The molecule has 1 aliphatic rings. The van der Waals surface area contributed by atoms with Gasteiger partial charge in [0.2, 0.25) is 0 Å². The summed E-state index contributed by atoms with van der Waals surface area (Å²) in [6, 6.07) is 16.4. The van der Waals surface area contributed by atoms with Gasteiger partial charge in [0.05, 0.1) is 0 Å². The van der Waals surface area contributed by atoms with Crippen molar-refractivity contribution >= 4 is 11.6 Å². The molecule has 0 bridgehead atoms. The Morgan fingerprint density at radius 2 is 1.68 bits per heavy atom. The van der Waals surface area contributed by atoms with Gasteiger partial charge in [0.15, 0.2) is 17.7 Å². The molecule has 1 atom stereocenters. The van der Waals surface area contributed by atoms with Crippen LogP contribution in [0, 0.1) is 5.82 Å². The molecule has 0 radical (unpaired) electrons. The molecule has 25 heavy (non-hydrogen) atoms. The predicted molar refractivity (Wildman–Crippen MR) is 96.3 cm³/mol. The maximum Gasteiger partial charge on any atom is 0.263 e. The van der Waals surface area contributed by atoms with E-state index in [1.54, 1.807) is 18.2 Å². The lowest BCUT2D eigenvalue weighted by Crippen LogP contribution is -2.52.